The van der Waals surface area contributed by atoms with Crippen LogP contribution in [0.15, 0.2) is 30.6 Å². The second-order valence-electron chi connectivity index (χ2n) is 8.06. The van der Waals surface area contributed by atoms with Crippen LogP contribution in [0.4, 0.5) is 20.8 Å². The molecule has 3 rings (SSSR count). The number of hydrogen-bond acceptors (Lipinski definition) is 8. The summed E-state index contributed by atoms with van der Waals surface area (Å²) in [4.78, 5) is 19.7. The Morgan fingerprint density at radius 1 is 1.36 bits per heavy atom. The first-order chi connectivity index (χ1) is 18.0. The van der Waals surface area contributed by atoms with Crippen LogP contribution in [0.5, 0.6) is 0 Å². The van der Waals surface area contributed by atoms with Crippen molar-refractivity contribution in [2.24, 2.45) is 5.73 Å². The van der Waals surface area contributed by atoms with Gasteiger partial charge in [0.25, 0.3) is 0 Å². The van der Waals surface area contributed by atoms with E-state index in [1.165, 1.54) is 12.3 Å². The molecule has 0 bridgehead atoms. The van der Waals surface area contributed by atoms with E-state index in [0.717, 1.165) is 12.3 Å². The standard InChI is InChI=1S/C22H27ClFN7O4S/c1-5-14(35-21(25)32)10-27-22-26-7-6-17(28-22)16-11-31(12(2)3)29-20(16)15-8-13(23)9-18(19(15)24)30-36(4,33)34/h6-9,11-12,14,30H,5,10H2,1-4H3,(H2,25,32)(H,26,27,28)/t14-/m0/s1/i1D3. The maximum absolute atomic E-state index is 15.5. The van der Waals surface area contributed by atoms with E-state index in [1.807, 2.05) is 13.8 Å². The number of amides is 1. The summed E-state index contributed by atoms with van der Waals surface area (Å²) in [6.45, 7) is 1.20. The van der Waals surface area contributed by atoms with Crippen LogP contribution in [0.25, 0.3) is 22.5 Å². The first-order valence-corrected chi connectivity index (χ1v) is 12.9. The summed E-state index contributed by atoms with van der Waals surface area (Å²) in [6.07, 6.45) is 1.29. The number of carbonyl (C=O) groups is 1. The maximum atomic E-state index is 15.5. The van der Waals surface area contributed by atoms with Gasteiger partial charge in [0.2, 0.25) is 16.0 Å². The van der Waals surface area contributed by atoms with Crippen molar-refractivity contribution in [3.05, 3.63) is 41.4 Å². The SMILES string of the molecule is [2H]C([2H])([2H])C[C@@H](CNc1nccc(-c2cn(C(C)C)nc2-c2cc(Cl)cc(NS(C)(=O)=O)c2F)n1)OC(N)=O. The summed E-state index contributed by atoms with van der Waals surface area (Å²) in [5.74, 6) is -0.825. The smallest absolute Gasteiger partial charge is 0.404 e. The van der Waals surface area contributed by atoms with Gasteiger partial charge in [-0.15, -0.1) is 0 Å². The van der Waals surface area contributed by atoms with Crippen LogP contribution in [0.3, 0.4) is 0 Å². The normalized spacial score (nSPS) is 14.0. The van der Waals surface area contributed by atoms with Crippen LogP contribution in [0, 0.1) is 5.82 Å². The van der Waals surface area contributed by atoms with E-state index >= 15 is 4.39 Å². The molecule has 2 aromatic heterocycles. The number of carbonyl (C=O) groups excluding carboxylic acids is 1. The fraction of sp³-hybridized carbons (Fsp3) is 0.364. The number of nitrogens with zero attached hydrogens (tertiary/aromatic N) is 4. The number of halogens is 2. The van der Waals surface area contributed by atoms with Crippen LogP contribution in [0.2, 0.25) is 5.02 Å². The van der Waals surface area contributed by atoms with Gasteiger partial charge in [-0.05, 0) is 38.5 Å². The molecule has 0 spiro atoms. The quantitative estimate of drug-likeness (QED) is 0.347. The van der Waals surface area contributed by atoms with Crippen LogP contribution in [0.1, 0.15) is 37.3 Å². The second-order valence-corrected chi connectivity index (χ2v) is 10.2. The van der Waals surface area contributed by atoms with Crippen molar-refractivity contribution in [3.63, 3.8) is 0 Å². The number of benzene rings is 1. The van der Waals surface area contributed by atoms with Gasteiger partial charge in [-0.3, -0.25) is 9.40 Å². The van der Waals surface area contributed by atoms with Crippen molar-refractivity contribution in [1.29, 1.82) is 0 Å². The summed E-state index contributed by atoms with van der Waals surface area (Å²) >= 11 is 6.19. The highest BCUT2D eigenvalue weighted by Gasteiger charge is 2.22. The van der Waals surface area contributed by atoms with E-state index in [9.17, 15) is 13.2 Å². The van der Waals surface area contributed by atoms with Crippen LogP contribution in [-0.4, -0.2) is 53.2 Å². The van der Waals surface area contributed by atoms with E-state index in [-0.39, 0.29) is 40.5 Å². The number of sulfonamides is 1. The number of nitrogens with one attached hydrogen (secondary N) is 2. The van der Waals surface area contributed by atoms with Gasteiger partial charge in [-0.1, -0.05) is 18.5 Å². The fourth-order valence-corrected chi connectivity index (χ4v) is 3.96. The van der Waals surface area contributed by atoms with Crippen molar-refractivity contribution < 1.29 is 26.5 Å². The Morgan fingerprint density at radius 2 is 2.11 bits per heavy atom. The first kappa shape index (κ1) is 23.0. The number of ether oxygens (including phenoxy) is 1. The number of primary amides is 1. The molecule has 11 nitrogen and oxygen atoms in total. The van der Waals surface area contributed by atoms with Crippen molar-refractivity contribution in [2.45, 2.75) is 39.3 Å². The molecule has 194 valence electrons. The molecule has 3 aromatic rings. The number of rotatable bonds is 10. The highest BCUT2D eigenvalue weighted by Crippen LogP contribution is 2.37. The Labute approximate surface area is 217 Å². The van der Waals surface area contributed by atoms with E-state index in [1.54, 1.807) is 16.9 Å². The lowest BCUT2D eigenvalue weighted by atomic mass is 10.0. The molecule has 4 N–H and O–H groups in total. The molecule has 14 heteroatoms. The molecule has 36 heavy (non-hydrogen) atoms. The molecule has 0 saturated carbocycles. The number of hydrogen-bond donors (Lipinski definition) is 3. The lowest BCUT2D eigenvalue weighted by Crippen LogP contribution is -2.28. The Morgan fingerprint density at radius 3 is 2.75 bits per heavy atom. The second kappa shape index (κ2) is 11.1. The number of nitrogens with two attached hydrogens (primary N) is 1. The largest absolute Gasteiger partial charge is 0.445 e. The van der Waals surface area contributed by atoms with E-state index < -0.39 is 41.3 Å². The van der Waals surface area contributed by atoms with Gasteiger partial charge >= 0.3 is 6.09 Å². The van der Waals surface area contributed by atoms with Crippen molar-refractivity contribution in [2.75, 3.05) is 22.8 Å². The highest BCUT2D eigenvalue weighted by atomic mass is 35.5. The third-order valence-corrected chi connectivity index (χ3v) is 5.59. The minimum absolute atomic E-state index is 0.0605. The van der Waals surface area contributed by atoms with Gasteiger partial charge in [-0.2, -0.15) is 5.10 Å². The summed E-state index contributed by atoms with van der Waals surface area (Å²) in [5.41, 5.74) is 5.49. The Balaban J connectivity index is 2.02. The van der Waals surface area contributed by atoms with Gasteiger partial charge < -0.3 is 15.8 Å². The number of aromatic nitrogens is 4. The molecule has 1 amide bonds. The molecule has 0 aliphatic rings. The zero-order chi connectivity index (χ0) is 29.1. The van der Waals surface area contributed by atoms with Gasteiger partial charge in [0, 0.05) is 38.7 Å². The zero-order valence-corrected chi connectivity index (χ0v) is 21.2. The average Bonchev–Trinajstić information content (AvgIpc) is 3.23. The van der Waals surface area contributed by atoms with Gasteiger partial charge in [0.05, 0.1) is 24.2 Å². The Kier molecular flexibility index (Phi) is 7.07. The molecule has 0 aliphatic carbocycles. The van der Waals surface area contributed by atoms with E-state index in [4.69, 9.17) is 26.2 Å². The highest BCUT2D eigenvalue weighted by molar-refractivity contribution is 7.92. The minimum atomic E-state index is -3.80. The third kappa shape index (κ3) is 6.82. The third-order valence-electron chi connectivity index (χ3n) is 4.78. The molecule has 0 aliphatic heterocycles. The van der Waals surface area contributed by atoms with E-state index in [2.05, 4.69) is 25.1 Å². The molecule has 0 unspecified atom stereocenters. The Bertz CT molecular complexity index is 1470. The summed E-state index contributed by atoms with van der Waals surface area (Å²) in [7, 11) is -3.80. The molecule has 0 fully saturated rings. The lowest BCUT2D eigenvalue weighted by molar-refractivity contribution is 0.110. The predicted octanol–water partition coefficient (Wildman–Crippen LogP) is 4.04. The topological polar surface area (TPSA) is 154 Å². The predicted molar refractivity (Wildman–Crippen MR) is 136 cm³/mol. The van der Waals surface area contributed by atoms with Crippen molar-refractivity contribution in [3.8, 4) is 22.5 Å². The Hall–Kier alpha value is -3.45. The van der Waals surface area contributed by atoms with Gasteiger partial charge in [0.15, 0.2) is 5.82 Å². The average molecular weight is 543 g/mol. The lowest BCUT2D eigenvalue weighted by Gasteiger charge is -2.15. The monoisotopic (exact) mass is 542 g/mol. The molecular formula is C22H27ClFN7O4S. The molecule has 2 heterocycles. The van der Waals surface area contributed by atoms with Crippen molar-refractivity contribution in [1.82, 2.24) is 19.7 Å². The van der Waals surface area contributed by atoms with Gasteiger partial charge in [0.1, 0.15) is 11.8 Å². The van der Waals surface area contributed by atoms with Crippen LogP contribution < -0.4 is 15.8 Å². The van der Waals surface area contributed by atoms with E-state index in [0.29, 0.717) is 11.3 Å². The summed E-state index contributed by atoms with van der Waals surface area (Å²) in [6, 6.07) is 3.90. The first-order valence-electron chi connectivity index (χ1n) is 12.1. The molecule has 1 atom stereocenters. The molecule has 0 radical (unpaired) electrons. The van der Waals surface area contributed by atoms with Crippen LogP contribution in [-0.2, 0) is 14.8 Å². The molecule has 0 saturated heterocycles. The maximum Gasteiger partial charge on any atom is 0.404 e. The van der Waals surface area contributed by atoms with Gasteiger partial charge in [-0.25, -0.2) is 27.6 Å². The number of anilines is 2. The van der Waals surface area contributed by atoms with Crippen molar-refractivity contribution >= 4 is 39.4 Å². The zero-order valence-electron chi connectivity index (χ0n) is 22.6. The fourth-order valence-electron chi connectivity index (χ4n) is 3.20. The molecule has 1 aromatic carbocycles. The summed E-state index contributed by atoms with van der Waals surface area (Å²) in [5, 5.41) is 7.39. The summed E-state index contributed by atoms with van der Waals surface area (Å²) < 4.78 is 69.9. The molecular weight excluding hydrogens is 513 g/mol. The van der Waals surface area contributed by atoms with Crippen LogP contribution >= 0.6 is 11.6 Å². The minimum Gasteiger partial charge on any atom is -0.445 e.